The van der Waals surface area contributed by atoms with Crippen molar-refractivity contribution in [2.24, 2.45) is 0 Å². The van der Waals surface area contributed by atoms with E-state index < -0.39 is 72.3 Å². The molecule has 24 nitrogen and oxygen atoms in total. The van der Waals surface area contributed by atoms with Crippen LogP contribution in [-0.4, -0.2) is 69.3 Å². The molecule has 0 radical (unpaired) electrons. The summed E-state index contributed by atoms with van der Waals surface area (Å²) >= 11 is 0. The fourth-order valence-electron chi connectivity index (χ4n) is 1.52. The number of hydrogen-bond donors (Lipinski definition) is 1. The second kappa shape index (κ2) is 8.45. The van der Waals surface area contributed by atoms with Crippen LogP contribution in [0.5, 0.6) is 12.0 Å². The Balaban J connectivity index is 3.20. The largest absolute Gasteiger partial charge is 0.734 e. The number of anilines is 1. The molecular formula is C7H6N10O14. The van der Waals surface area contributed by atoms with Crippen LogP contribution in [0.3, 0.4) is 0 Å². The Bertz CT molecular complexity index is 818. The number of nitrogen functional groups attached to an aromatic ring is 1. The van der Waals surface area contributed by atoms with Gasteiger partial charge in [0.15, 0.2) is 29.5 Å². The lowest BCUT2D eigenvalue weighted by atomic mass is 10.4. The van der Waals surface area contributed by atoms with E-state index in [1.807, 2.05) is 0 Å². The zero-order chi connectivity index (χ0) is 24.1. The number of ether oxygens (including phenoxy) is 2. The molecule has 0 saturated carbocycles. The molecular weight excluding hydrogens is 448 g/mol. The van der Waals surface area contributed by atoms with Gasteiger partial charge in [-0.05, 0) is 0 Å². The summed E-state index contributed by atoms with van der Waals surface area (Å²) in [5, 5.41) is 64.9. The second-order valence-electron chi connectivity index (χ2n) is 4.93. The number of hydrogen-bond acceptors (Lipinski definition) is 18. The quantitative estimate of drug-likeness (QED) is 0.189. The van der Waals surface area contributed by atoms with E-state index in [0.29, 0.717) is 0 Å². The van der Waals surface area contributed by atoms with Crippen molar-refractivity contribution in [1.29, 1.82) is 0 Å². The van der Waals surface area contributed by atoms with Gasteiger partial charge >= 0.3 is 36.8 Å². The number of rotatable bonds is 12. The Morgan fingerprint density at radius 3 is 1.10 bits per heavy atom. The summed E-state index contributed by atoms with van der Waals surface area (Å²) in [6.45, 7) is -3.79. The van der Waals surface area contributed by atoms with E-state index in [1.165, 1.54) is 0 Å². The molecule has 2 N–H and O–H groups in total. The third-order valence-corrected chi connectivity index (χ3v) is 3.16. The average molecular weight is 454 g/mol. The maximum Gasteiger partial charge on any atom is 0.734 e. The minimum absolute atomic E-state index is 0.900. The Kier molecular flexibility index (Phi) is 6.50. The van der Waals surface area contributed by atoms with Crippen molar-refractivity contribution in [1.82, 2.24) is 15.0 Å². The molecule has 0 aliphatic carbocycles. The Morgan fingerprint density at radius 2 is 0.871 bits per heavy atom. The van der Waals surface area contributed by atoms with Gasteiger partial charge in [-0.1, -0.05) is 0 Å². The van der Waals surface area contributed by atoms with Crippen LogP contribution < -0.4 is 15.2 Å². The molecule has 0 atom stereocenters. The minimum Gasteiger partial charge on any atom is -0.438 e. The predicted octanol–water partition coefficient (Wildman–Crippen LogP) is -2.82. The third kappa shape index (κ3) is 4.30. The topological polar surface area (TPSA) is 342 Å². The predicted molar refractivity (Wildman–Crippen MR) is 82.7 cm³/mol. The molecule has 24 heteroatoms. The molecule has 0 spiro atoms. The molecule has 1 rings (SSSR count). The Hall–Kier alpha value is -5.19. The zero-order valence-electron chi connectivity index (χ0n) is 14.2. The summed E-state index contributed by atoms with van der Waals surface area (Å²) in [6.07, 6.45) is 0. The molecule has 1 aromatic heterocycles. The number of nitrogens with two attached hydrogens (primary N) is 1. The van der Waals surface area contributed by atoms with Gasteiger partial charge in [-0.25, -0.2) is 0 Å². The van der Waals surface area contributed by atoms with Crippen molar-refractivity contribution < 1.29 is 39.0 Å². The minimum atomic E-state index is -4.10. The molecule has 0 aliphatic heterocycles. The molecule has 0 fully saturated rings. The second-order valence-corrected chi connectivity index (χ2v) is 4.93. The molecule has 1 aromatic rings. The summed E-state index contributed by atoms with van der Waals surface area (Å²) in [7, 11) is 0. The highest BCUT2D eigenvalue weighted by Crippen LogP contribution is 2.19. The lowest BCUT2D eigenvalue weighted by Crippen LogP contribution is -2.57. The van der Waals surface area contributed by atoms with Crippen LogP contribution in [0.4, 0.5) is 5.95 Å². The van der Waals surface area contributed by atoms with E-state index in [2.05, 4.69) is 24.4 Å². The van der Waals surface area contributed by atoms with Crippen LogP contribution >= 0.6 is 0 Å². The highest BCUT2D eigenvalue weighted by Gasteiger charge is 2.72. The molecule has 0 unspecified atom stereocenters. The van der Waals surface area contributed by atoms with E-state index in [-0.39, 0.29) is 0 Å². The van der Waals surface area contributed by atoms with Crippen LogP contribution in [0.25, 0.3) is 0 Å². The highest BCUT2D eigenvalue weighted by atomic mass is 16.8. The van der Waals surface area contributed by atoms with Crippen molar-refractivity contribution in [3.63, 3.8) is 0 Å². The van der Waals surface area contributed by atoms with E-state index in [4.69, 9.17) is 5.73 Å². The van der Waals surface area contributed by atoms with E-state index in [9.17, 15) is 60.7 Å². The third-order valence-electron chi connectivity index (χ3n) is 3.16. The number of nitrogens with zero attached hydrogens (tertiary/aromatic N) is 9. The fourth-order valence-corrected chi connectivity index (χ4v) is 1.52. The molecule has 0 saturated heterocycles. The Morgan fingerprint density at radius 1 is 0.613 bits per heavy atom. The van der Waals surface area contributed by atoms with Gasteiger partial charge in [-0.2, -0.15) is 9.97 Å². The van der Waals surface area contributed by atoms with E-state index in [1.54, 1.807) is 0 Å². The van der Waals surface area contributed by atoms with Gasteiger partial charge in [0.1, 0.15) is 0 Å². The number of nitro groups is 6. The van der Waals surface area contributed by atoms with Crippen molar-refractivity contribution in [2.45, 2.75) is 11.6 Å². The van der Waals surface area contributed by atoms with Crippen LogP contribution in [-0.2, 0) is 0 Å². The first kappa shape index (κ1) is 23.8. The molecule has 31 heavy (non-hydrogen) atoms. The van der Waals surface area contributed by atoms with Gasteiger partial charge in [0, 0.05) is 0 Å². The monoisotopic (exact) mass is 454 g/mol. The SMILES string of the molecule is Nc1nc(OCC([N+](=O)[O-])([N+](=O)[O-])[N+](=O)[O-])nc(OCC([N+](=O)[O-])([N+](=O)[O-])[N+](=O)[O-])n1. The number of aromatic nitrogens is 3. The molecule has 0 aliphatic rings. The molecule has 0 amide bonds. The van der Waals surface area contributed by atoms with Crippen molar-refractivity contribution in [3.05, 3.63) is 60.7 Å². The lowest BCUT2D eigenvalue weighted by Gasteiger charge is -2.11. The lowest BCUT2D eigenvalue weighted by molar-refractivity contribution is -0.969. The van der Waals surface area contributed by atoms with Gasteiger partial charge in [0.05, 0.1) is 0 Å². The first-order valence-electron chi connectivity index (χ1n) is 6.86. The summed E-state index contributed by atoms with van der Waals surface area (Å²) in [5.74, 6) is -9.09. The van der Waals surface area contributed by atoms with Crippen molar-refractivity contribution in [3.8, 4) is 12.0 Å². The summed E-state index contributed by atoms with van der Waals surface area (Å²) < 4.78 is 8.80. The van der Waals surface area contributed by atoms with E-state index in [0.717, 1.165) is 0 Å². The van der Waals surface area contributed by atoms with Crippen molar-refractivity contribution in [2.75, 3.05) is 18.9 Å². The van der Waals surface area contributed by atoms with Gasteiger partial charge < -0.3 is 15.2 Å². The molecule has 168 valence electrons. The molecule has 0 aromatic carbocycles. The van der Waals surface area contributed by atoms with Crippen molar-refractivity contribution >= 4 is 5.95 Å². The van der Waals surface area contributed by atoms with E-state index >= 15 is 0 Å². The normalized spacial score (nSPS) is 11.2. The smallest absolute Gasteiger partial charge is 0.438 e. The van der Waals surface area contributed by atoms with Gasteiger partial charge in [-0.15, -0.1) is 4.98 Å². The van der Waals surface area contributed by atoms with Gasteiger partial charge in [0.25, 0.3) is 0 Å². The average Bonchev–Trinajstić information content (AvgIpc) is 2.60. The van der Waals surface area contributed by atoms with Crippen LogP contribution in [0.15, 0.2) is 0 Å². The summed E-state index contributed by atoms with van der Waals surface area (Å²) in [5.41, 5.74) is 5.17. The van der Waals surface area contributed by atoms with Crippen LogP contribution in [0.2, 0.25) is 0 Å². The van der Waals surface area contributed by atoms with Crippen LogP contribution in [0.1, 0.15) is 0 Å². The van der Waals surface area contributed by atoms with Gasteiger partial charge in [0.2, 0.25) is 5.95 Å². The maximum atomic E-state index is 10.8. The van der Waals surface area contributed by atoms with Crippen LogP contribution in [0, 0.1) is 60.7 Å². The molecule has 1 heterocycles. The maximum absolute atomic E-state index is 10.8. The highest BCUT2D eigenvalue weighted by molar-refractivity contribution is 5.20. The fraction of sp³-hybridized carbons (Fsp3) is 0.571. The first-order chi connectivity index (χ1) is 14.2. The molecule has 0 bridgehead atoms. The Labute approximate surface area is 164 Å². The zero-order valence-corrected chi connectivity index (χ0v) is 14.2. The van der Waals surface area contributed by atoms with Gasteiger partial charge in [-0.3, -0.25) is 60.7 Å². The standard InChI is InChI=1S/C7H6N10O14/c8-3-9-4(30-1-6(12(18)19,13(20)21)14(22)23)11-5(10-3)31-2-7(15(24)25,16(26)27)17(28)29/h1-2H2,(H2,8,9,10,11). The summed E-state index contributed by atoms with van der Waals surface area (Å²) in [4.78, 5) is 62.9. The summed E-state index contributed by atoms with van der Waals surface area (Å²) in [6, 6.07) is -2.38. The first-order valence-corrected chi connectivity index (χ1v) is 6.86.